The van der Waals surface area contributed by atoms with E-state index in [1.807, 2.05) is 13.2 Å². The molecule has 0 N–H and O–H groups in total. The molecule has 5 rings (SSSR count). The van der Waals surface area contributed by atoms with E-state index >= 15 is 0 Å². The Kier molecular flexibility index (Phi) is 1.76. The van der Waals surface area contributed by atoms with Crippen LogP contribution in [0.4, 0.5) is 0 Å². The topological polar surface area (TPSA) is 34.3 Å². The Morgan fingerprint density at radius 2 is 2.00 bits per heavy atom. The molecular formula is C17H14N3O+. The number of pyridine rings is 1. The number of aromatic nitrogens is 3. The quantitative estimate of drug-likeness (QED) is 0.321. The molecule has 4 heteroatoms. The third kappa shape index (κ3) is 1.13. The highest BCUT2D eigenvalue weighted by Gasteiger charge is 2.24. The molecule has 0 spiro atoms. The molecule has 0 aliphatic heterocycles. The zero-order valence-electron chi connectivity index (χ0n) is 12.1. The molecule has 5 aromatic rings. The third-order valence-electron chi connectivity index (χ3n) is 4.62. The average Bonchev–Trinajstić information content (AvgIpc) is 3.06. The van der Waals surface area contributed by atoms with Crippen molar-refractivity contribution < 1.29 is 8.98 Å². The molecule has 4 aromatic heterocycles. The van der Waals surface area contributed by atoms with Gasteiger partial charge in [-0.05, 0) is 23.5 Å². The van der Waals surface area contributed by atoms with Gasteiger partial charge >= 0.3 is 0 Å². The van der Waals surface area contributed by atoms with Gasteiger partial charge in [0.25, 0.3) is 5.82 Å². The van der Waals surface area contributed by atoms with Gasteiger partial charge < -0.3 is 8.82 Å². The number of hydrogen-bond acceptors (Lipinski definition) is 2. The predicted molar refractivity (Wildman–Crippen MR) is 81.8 cm³/mol. The number of nitrogens with zero attached hydrogens (tertiary/aromatic N) is 3. The van der Waals surface area contributed by atoms with Crippen molar-refractivity contribution >= 4 is 38.4 Å². The summed E-state index contributed by atoms with van der Waals surface area (Å²) in [7, 11) is 2.08. The molecule has 4 nitrogen and oxygen atoms in total. The van der Waals surface area contributed by atoms with Gasteiger partial charge in [-0.3, -0.25) is 0 Å². The second-order valence-corrected chi connectivity index (χ2v) is 5.74. The first-order valence-corrected chi connectivity index (χ1v) is 7.06. The van der Waals surface area contributed by atoms with Gasteiger partial charge in [0.05, 0.1) is 18.0 Å². The van der Waals surface area contributed by atoms with Crippen LogP contribution in [-0.2, 0) is 7.05 Å². The molecule has 4 heterocycles. The second-order valence-electron chi connectivity index (χ2n) is 5.74. The summed E-state index contributed by atoms with van der Waals surface area (Å²) in [6.45, 7) is 4.21. The number of fused-ring (bicyclic) bond motifs is 2. The lowest BCUT2D eigenvalue weighted by atomic mass is 10.0. The van der Waals surface area contributed by atoms with E-state index < -0.39 is 0 Å². The van der Waals surface area contributed by atoms with Crippen LogP contribution in [0.3, 0.4) is 0 Å². The highest BCUT2D eigenvalue weighted by atomic mass is 16.3. The summed E-state index contributed by atoms with van der Waals surface area (Å²) < 4.78 is 10.1. The van der Waals surface area contributed by atoms with Crippen molar-refractivity contribution in [1.29, 1.82) is 0 Å². The fraction of sp³-hybridized carbons (Fsp3) is 0.176. The molecule has 0 atom stereocenters. The van der Waals surface area contributed by atoms with Crippen LogP contribution in [0.2, 0.25) is 0 Å². The van der Waals surface area contributed by atoms with E-state index in [-0.39, 0.29) is 0 Å². The monoisotopic (exact) mass is 276 g/mol. The molecule has 0 radical (unpaired) electrons. The van der Waals surface area contributed by atoms with E-state index in [2.05, 4.69) is 47.3 Å². The number of rotatable bonds is 0. The van der Waals surface area contributed by atoms with Gasteiger partial charge in [0.1, 0.15) is 17.4 Å². The van der Waals surface area contributed by atoms with Crippen molar-refractivity contribution in [3.63, 3.8) is 0 Å². The minimum Gasteiger partial charge on any atom is -0.462 e. The summed E-state index contributed by atoms with van der Waals surface area (Å²) >= 11 is 0. The maximum atomic E-state index is 5.77. The molecule has 102 valence electrons. The highest BCUT2D eigenvalue weighted by molar-refractivity contribution is 6.19. The molecule has 0 saturated carbocycles. The average molecular weight is 276 g/mol. The van der Waals surface area contributed by atoms with Gasteiger partial charge in [-0.25, -0.2) is 4.57 Å². The van der Waals surface area contributed by atoms with Crippen molar-refractivity contribution in [2.75, 3.05) is 0 Å². The van der Waals surface area contributed by atoms with Gasteiger partial charge in [-0.1, -0.05) is 6.07 Å². The lowest BCUT2D eigenvalue weighted by Gasteiger charge is -2.09. The lowest BCUT2D eigenvalue weighted by molar-refractivity contribution is -0.653. The maximum Gasteiger partial charge on any atom is 0.296 e. The molecule has 21 heavy (non-hydrogen) atoms. The molecular weight excluding hydrogens is 262 g/mol. The third-order valence-corrected chi connectivity index (χ3v) is 4.62. The summed E-state index contributed by atoms with van der Waals surface area (Å²) in [6.07, 6.45) is 3.92. The van der Waals surface area contributed by atoms with Crippen LogP contribution in [0.25, 0.3) is 38.4 Å². The molecule has 0 bridgehead atoms. The smallest absolute Gasteiger partial charge is 0.296 e. The summed E-state index contributed by atoms with van der Waals surface area (Å²) in [5.41, 5.74) is 6.72. The zero-order valence-corrected chi connectivity index (χ0v) is 12.1. The normalized spacial score (nSPS) is 12.5. The lowest BCUT2D eigenvalue weighted by Crippen LogP contribution is -2.34. The van der Waals surface area contributed by atoms with Crippen LogP contribution in [0.1, 0.15) is 11.4 Å². The second kappa shape index (κ2) is 3.34. The van der Waals surface area contributed by atoms with E-state index in [0.29, 0.717) is 0 Å². The maximum absolute atomic E-state index is 5.77. The van der Waals surface area contributed by atoms with Crippen molar-refractivity contribution in [1.82, 2.24) is 9.38 Å². The first-order chi connectivity index (χ1) is 10.2. The van der Waals surface area contributed by atoms with Crippen molar-refractivity contribution in [2.45, 2.75) is 13.8 Å². The van der Waals surface area contributed by atoms with Gasteiger partial charge in [0.15, 0.2) is 5.52 Å². The van der Waals surface area contributed by atoms with Gasteiger partial charge in [0.2, 0.25) is 5.52 Å². The number of furan rings is 1. The van der Waals surface area contributed by atoms with Crippen LogP contribution in [0, 0.1) is 13.8 Å². The van der Waals surface area contributed by atoms with Gasteiger partial charge in [0, 0.05) is 24.6 Å². The van der Waals surface area contributed by atoms with Crippen LogP contribution in [-0.4, -0.2) is 9.38 Å². The molecule has 0 aliphatic rings. The van der Waals surface area contributed by atoms with E-state index in [9.17, 15) is 0 Å². The number of benzene rings is 1. The number of aryl methyl sites for hydroxylation is 3. The first kappa shape index (κ1) is 11.1. The Bertz CT molecular complexity index is 1160. The minimum atomic E-state index is 0.938. The summed E-state index contributed by atoms with van der Waals surface area (Å²) in [5, 5.41) is 2.46. The van der Waals surface area contributed by atoms with Crippen LogP contribution >= 0.6 is 0 Å². The van der Waals surface area contributed by atoms with Crippen LogP contribution < -0.4 is 4.57 Å². The standard InChI is InChI=1S/C17H14N3O/c1-9-4-5-13-15-12(8-21-13)20-7-6-11-16(20)17(14(9)15)19(3)10(2)18-11/h4-8H,1-3H3/q+1. The van der Waals surface area contributed by atoms with Gasteiger partial charge in [-0.2, -0.15) is 0 Å². The largest absolute Gasteiger partial charge is 0.462 e. The summed E-state index contributed by atoms with van der Waals surface area (Å²) in [4.78, 5) is 4.70. The molecule has 0 unspecified atom stereocenters. The summed E-state index contributed by atoms with van der Waals surface area (Å²) in [5.74, 6) is 1.01. The Morgan fingerprint density at radius 1 is 1.14 bits per heavy atom. The minimum absolute atomic E-state index is 0.938. The summed E-state index contributed by atoms with van der Waals surface area (Å²) in [6, 6.07) is 6.26. The fourth-order valence-electron chi connectivity index (χ4n) is 3.51. The first-order valence-electron chi connectivity index (χ1n) is 7.06. The van der Waals surface area contributed by atoms with E-state index in [0.717, 1.165) is 28.0 Å². The Balaban J connectivity index is 2.34. The Labute approximate surface area is 120 Å². The Morgan fingerprint density at radius 3 is 2.86 bits per heavy atom. The van der Waals surface area contributed by atoms with Crippen molar-refractivity contribution in [3.05, 3.63) is 42.0 Å². The van der Waals surface area contributed by atoms with Crippen molar-refractivity contribution in [2.24, 2.45) is 7.05 Å². The molecule has 1 aromatic carbocycles. The van der Waals surface area contributed by atoms with Crippen LogP contribution in [0.15, 0.2) is 35.1 Å². The van der Waals surface area contributed by atoms with Crippen molar-refractivity contribution in [3.8, 4) is 0 Å². The highest BCUT2D eigenvalue weighted by Crippen LogP contribution is 2.36. The van der Waals surface area contributed by atoms with E-state index in [1.54, 1.807) is 0 Å². The number of hydrogen-bond donors (Lipinski definition) is 0. The fourth-order valence-corrected chi connectivity index (χ4v) is 3.51. The SMILES string of the molecule is Cc1ccc2occ3c2c1c1c2c(ccn32)nc(C)[n+]1C. The van der Waals surface area contributed by atoms with Crippen LogP contribution in [0.5, 0.6) is 0 Å². The Hall–Kier alpha value is -2.62. The van der Waals surface area contributed by atoms with Gasteiger partial charge in [-0.15, -0.1) is 0 Å². The molecule has 0 aliphatic carbocycles. The molecule has 0 saturated heterocycles. The van der Waals surface area contributed by atoms with E-state index in [4.69, 9.17) is 9.40 Å². The van der Waals surface area contributed by atoms with E-state index in [1.165, 1.54) is 21.9 Å². The predicted octanol–water partition coefficient (Wildman–Crippen LogP) is 3.27. The zero-order chi connectivity index (χ0) is 14.3. The molecule has 0 amide bonds. The molecule has 0 fully saturated rings.